The van der Waals surface area contributed by atoms with E-state index in [9.17, 15) is 0 Å². The molecule has 0 saturated carbocycles. The van der Waals surface area contributed by atoms with Crippen molar-refractivity contribution >= 4 is 0 Å². The Bertz CT molecular complexity index is 126. The molecule has 0 aromatic heterocycles. The Morgan fingerprint density at radius 2 is 1.92 bits per heavy atom. The Balaban J connectivity index is 3.87. The maximum Gasteiger partial charge on any atom is 0.0750 e. The van der Waals surface area contributed by atoms with Crippen LogP contribution in [0.15, 0.2) is 0 Å². The molecule has 0 aliphatic heterocycles. The van der Waals surface area contributed by atoms with Crippen LogP contribution in [0.1, 0.15) is 33.6 Å². The van der Waals surface area contributed by atoms with E-state index in [1.165, 1.54) is 0 Å². The molecular formula is C10H23NO2. The number of hydrogen-bond acceptors (Lipinski definition) is 3. The van der Waals surface area contributed by atoms with E-state index >= 15 is 0 Å². The highest BCUT2D eigenvalue weighted by Gasteiger charge is 2.27. The number of rotatable bonds is 7. The van der Waals surface area contributed by atoms with Gasteiger partial charge in [0.25, 0.3) is 0 Å². The highest BCUT2D eigenvalue weighted by Crippen LogP contribution is 2.17. The van der Waals surface area contributed by atoms with E-state index < -0.39 is 0 Å². The van der Waals surface area contributed by atoms with Crippen molar-refractivity contribution in [2.75, 3.05) is 20.3 Å². The van der Waals surface area contributed by atoms with Gasteiger partial charge in [-0.25, -0.2) is 0 Å². The fraction of sp³-hybridized carbons (Fsp3) is 1.00. The van der Waals surface area contributed by atoms with Gasteiger partial charge in [-0.2, -0.15) is 0 Å². The molecule has 0 saturated heterocycles. The Labute approximate surface area is 81.6 Å². The fourth-order valence-corrected chi connectivity index (χ4v) is 1.28. The monoisotopic (exact) mass is 189 g/mol. The minimum Gasteiger partial charge on any atom is -0.382 e. The molecule has 0 aliphatic rings. The summed E-state index contributed by atoms with van der Waals surface area (Å²) in [5.41, 5.74) is 5.87. The van der Waals surface area contributed by atoms with Crippen LogP contribution in [0.3, 0.4) is 0 Å². The zero-order valence-electron chi connectivity index (χ0n) is 9.30. The molecule has 0 amide bonds. The first-order chi connectivity index (χ1) is 6.08. The van der Waals surface area contributed by atoms with Crippen LogP contribution in [0, 0.1) is 0 Å². The standard InChI is InChI=1S/C10H23NO2/c1-5-9(10(3,11)6-2)13-8-7-12-4/h9H,5-8,11H2,1-4H3. The van der Waals surface area contributed by atoms with E-state index in [4.69, 9.17) is 15.2 Å². The van der Waals surface area contributed by atoms with Crippen molar-refractivity contribution in [2.24, 2.45) is 5.73 Å². The first kappa shape index (κ1) is 12.9. The smallest absolute Gasteiger partial charge is 0.0750 e. The normalized spacial score (nSPS) is 18.2. The topological polar surface area (TPSA) is 44.5 Å². The van der Waals surface area contributed by atoms with Crippen molar-refractivity contribution in [1.29, 1.82) is 0 Å². The summed E-state index contributed by atoms with van der Waals surface area (Å²) in [7, 11) is 1.67. The molecule has 3 heteroatoms. The van der Waals surface area contributed by atoms with Crippen molar-refractivity contribution in [3.05, 3.63) is 0 Å². The molecule has 0 aliphatic carbocycles. The maximum absolute atomic E-state index is 6.09. The lowest BCUT2D eigenvalue weighted by Crippen LogP contribution is -2.48. The molecule has 2 atom stereocenters. The van der Waals surface area contributed by atoms with E-state index in [1.807, 2.05) is 6.92 Å². The van der Waals surface area contributed by atoms with Gasteiger partial charge in [0.15, 0.2) is 0 Å². The highest BCUT2D eigenvalue weighted by molar-refractivity contribution is 4.85. The van der Waals surface area contributed by atoms with Crippen molar-refractivity contribution in [3.8, 4) is 0 Å². The van der Waals surface area contributed by atoms with Crippen LogP contribution >= 0.6 is 0 Å². The van der Waals surface area contributed by atoms with Gasteiger partial charge in [-0.3, -0.25) is 0 Å². The van der Waals surface area contributed by atoms with Crippen molar-refractivity contribution in [2.45, 2.75) is 45.3 Å². The largest absolute Gasteiger partial charge is 0.382 e. The number of ether oxygens (including phenoxy) is 2. The van der Waals surface area contributed by atoms with Gasteiger partial charge < -0.3 is 15.2 Å². The predicted octanol–water partition coefficient (Wildman–Crippen LogP) is 1.56. The van der Waals surface area contributed by atoms with Crippen molar-refractivity contribution in [3.63, 3.8) is 0 Å². The fourth-order valence-electron chi connectivity index (χ4n) is 1.28. The molecule has 80 valence electrons. The molecule has 0 fully saturated rings. The third kappa shape index (κ3) is 4.60. The van der Waals surface area contributed by atoms with Crippen LogP contribution in [-0.4, -0.2) is 32.0 Å². The lowest BCUT2D eigenvalue weighted by atomic mass is 9.91. The maximum atomic E-state index is 6.09. The average molecular weight is 189 g/mol. The summed E-state index contributed by atoms with van der Waals surface area (Å²) in [5, 5.41) is 0. The Kier molecular flexibility index (Phi) is 6.29. The van der Waals surface area contributed by atoms with Crippen LogP contribution in [-0.2, 0) is 9.47 Å². The number of nitrogens with two attached hydrogens (primary N) is 1. The predicted molar refractivity (Wildman–Crippen MR) is 54.8 cm³/mol. The Hall–Kier alpha value is -0.120. The minimum absolute atomic E-state index is 0.132. The average Bonchev–Trinajstić information content (AvgIpc) is 2.12. The molecule has 0 bridgehead atoms. The minimum atomic E-state index is -0.220. The number of methoxy groups -OCH3 is 1. The quantitative estimate of drug-likeness (QED) is 0.618. The molecule has 2 unspecified atom stereocenters. The first-order valence-corrected chi connectivity index (χ1v) is 4.97. The van der Waals surface area contributed by atoms with E-state index in [2.05, 4.69) is 13.8 Å². The molecule has 0 heterocycles. The van der Waals surface area contributed by atoms with Gasteiger partial charge in [-0.05, 0) is 19.8 Å². The lowest BCUT2D eigenvalue weighted by molar-refractivity contribution is -0.0218. The van der Waals surface area contributed by atoms with Gasteiger partial charge in [0.05, 0.1) is 19.3 Å². The summed E-state index contributed by atoms with van der Waals surface area (Å²) in [5.74, 6) is 0. The third-order valence-electron chi connectivity index (χ3n) is 2.47. The summed E-state index contributed by atoms with van der Waals surface area (Å²) in [6.45, 7) is 7.48. The highest BCUT2D eigenvalue weighted by atomic mass is 16.5. The molecule has 13 heavy (non-hydrogen) atoms. The van der Waals surface area contributed by atoms with Gasteiger partial charge in [0.2, 0.25) is 0 Å². The molecule has 2 N–H and O–H groups in total. The van der Waals surface area contributed by atoms with Crippen LogP contribution in [0.4, 0.5) is 0 Å². The van der Waals surface area contributed by atoms with Gasteiger partial charge in [-0.15, -0.1) is 0 Å². The Morgan fingerprint density at radius 3 is 2.31 bits per heavy atom. The lowest BCUT2D eigenvalue weighted by Gasteiger charge is -2.32. The molecule has 3 nitrogen and oxygen atoms in total. The summed E-state index contributed by atoms with van der Waals surface area (Å²) in [6.07, 6.45) is 2.01. The van der Waals surface area contributed by atoms with Gasteiger partial charge in [0.1, 0.15) is 0 Å². The number of hydrogen-bond donors (Lipinski definition) is 1. The Morgan fingerprint density at radius 1 is 1.31 bits per heavy atom. The zero-order chi connectivity index (χ0) is 10.3. The second kappa shape index (κ2) is 6.35. The van der Waals surface area contributed by atoms with E-state index in [0.29, 0.717) is 13.2 Å². The second-order valence-corrected chi connectivity index (χ2v) is 3.62. The van der Waals surface area contributed by atoms with Crippen molar-refractivity contribution < 1.29 is 9.47 Å². The summed E-state index contributed by atoms with van der Waals surface area (Å²) in [4.78, 5) is 0. The first-order valence-electron chi connectivity index (χ1n) is 4.97. The van der Waals surface area contributed by atoms with Gasteiger partial charge >= 0.3 is 0 Å². The van der Waals surface area contributed by atoms with E-state index in [1.54, 1.807) is 7.11 Å². The van der Waals surface area contributed by atoms with Gasteiger partial charge in [0, 0.05) is 12.6 Å². The van der Waals surface area contributed by atoms with E-state index in [-0.39, 0.29) is 11.6 Å². The van der Waals surface area contributed by atoms with Crippen LogP contribution in [0.2, 0.25) is 0 Å². The molecule has 0 spiro atoms. The van der Waals surface area contributed by atoms with Crippen LogP contribution in [0.25, 0.3) is 0 Å². The molecule has 0 aromatic carbocycles. The zero-order valence-corrected chi connectivity index (χ0v) is 9.30. The third-order valence-corrected chi connectivity index (χ3v) is 2.47. The summed E-state index contributed by atoms with van der Waals surface area (Å²) < 4.78 is 10.6. The molecule has 0 radical (unpaired) electrons. The molecule has 0 aromatic rings. The molecular weight excluding hydrogens is 166 g/mol. The summed E-state index contributed by atoms with van der Waals surface area (Å²) >= 11 is 0. The summed E-state index contributed by atoms with van der Waals surface area (Å²) in [6, 6.07) is 0. The van der Waals surface area contributed by atoms with Crippen molar-refractivity contribution in [1.82, 2.24) is 0 Å². The van der Waals surface area contributed by atoms with E-state index in [0.717, 1.165) is 12.8 Å². The van der Waals surface area contributed by atoms with Crippen LogP contribution < -0.4 is 5.73 Å². The van der Waals surface area contributed by atoms with Crippen LogP contribution in [0.5, 0.6) is 0 Å². The van der Waals surface area contributed by atoms with Gasteiger partial charge in [-0.1, -0.05) is 13.8 Å². The second-order valence-electron chi connectivity index (χ2n) is 3.62. The molecule has 0 rings (SSSR count). The SMILES string of the molecule is CCC(OCCOC)C(C)(N)CC.